The van der Waals surface area contributed by atoms with Crippen molar-refractivity contribution in [3.8, 4) is 0 Å². The molecule has 3 aliphatic rings. The summed E-state index contributed by atoms with van der Waals surface area (Å²) >= 11 is 0. The number of rotatable bonds is 1. The van der Waals surface area contributed by atoms with Gasteiger partial charge in [-0.1, -0.05) is 0 Å². The van der Waals surface area contributed by atoms with Gasteiger partial charge in [0.15, 0.2) is 0 Å². The van der Waals surface area contributed by atoms with E-state index in [4.69, 9.17) is 14.7 Å². The van der Waals surface area contributed by atoms with Crippen LogP contribution >= 0.6 is 0 Å². The van der Waals surface area contributed by atoms with Gasteiger partial charge in [-0.2, -0.15) is 0 Å². The summed E-state index contributed by atoms with van der Waals surface area (Å²) in [7, 11) is 1.87. The summed E-state index contributed by atoms with van der Waals surface area (Å²) in [6.45, 7) is 4.81. The number of aryl methyl sites for hydroxylation is 2. The van der Waals surface area contributed by atoms with Crippen molar-refractivity contribution in [1.29, 1.82) is 0 Å². The Morgan fingerprint density at radius 2 is 1.88 bits per heavy atom. The Morgan fingerprint density at radius 1 is 1.12 bits per heavy atom. The number of carbonyl (C=O) groups is 1. The third kappa shape index (κ3) is 2.77. The third-order valence-corrected chi connectivity index (χ3v) is 5.79. The van der Waals surface area contributed by atoms with Gasteiger partial charge in [0.05, 0.1) is 5.60 Å². The molecule has 0 radical (unpaired) electrons. The summed E-state index contributed by atoms with van der Waals surface area (Å²) in [4.78, 5) is 25.4. The van der Waals surface area contributed by atoms with Crippen LogP contribution in [0.5, 0.6) is 0 Å². The highest BCUT2D eigenvalue weighted by atomic mass is 16.5. The number of ether oxygens (including phenoxy) is 1. The average molecular weight is 330 g/mol. The van der Waals surface area contributed by atoms with E-state index in [1.165, 1.54) is 24.1 Å². The first-order chi connectivity index (χ1) is 11.6. The zero-order valence-corrected chi connectivity index (χ0v) is 14.7. The van der Waals surface area contributed by atoms with E-state index in [1.807, 2.05) is 7.05 Å². The standard InChI is InChI=1S/C18H26N4O2/c1-13-14-5-3-4-6-15(14)20-17(19-13)22-9-7-18(8-10-22)12-21(2)16(23)11-24-18/h3-12H2,1-2H3. The fraction of sp³-hybridized carbons (Fsp3) is 0.722. The highest BCUT2D eigenvalue weighted by Crippen LogP contribution is 2.32. The van der Waals surface area contributed by atoms with Crippen molar-refractivity contribution in [3.05, 3.63) is 17.0 Å². The zero-order chi connectivity index (χ0) is 16.7. The molecule has 1 aromatic heterocycles. The summed E-state index contributed by atoms with van der Waals surface area (Å²) in [5.74, 6) is 0.958. The molecule has 2 aliphatic heterocycles. The SMILES string of the molecule is Cc1nc(N2CCC3(CC2)CN(C)C(=O)CO3)nc2c1CCCC2. The summed E-state index contributed by atoms with van der Waals surface area (Å²) in [6, 6.07) is 0. The van der Waals surface area contributed by atoms with Crippen LogP contribution < -0.4 is 4.90 Å². The Hall–Kier alpha value is -1.69. The zero-order valence-electron chi connectivity index (χ0n) is 14.7. The first-order valence-corrected chi connectivity index (χ1v) is 9.06. The summed E-state index contributed by atoms with van der Waals surface area (Å²) < 4.78 is 5.93. The molecule has 1 aromatic rings. The van der Waals surface area contributed by atoms with E-state index in [1.54, 1.807) is 4.90 Å². The molecule has 1 amide bonds. The molecule has 0 aromatic carbocycles. The highest BCUT2D eigenvalue weighted by Gasteiger charge is 2.41. The van der Waals surface area contributed by atoms with Crippen molar-refractivity contribution < 1.29 is 9.53 Å². The van der Waals surface area contributed by atoms with Crippen LogP contribution in [0, 0.1) is 6.92 Å². The van der Waals surface area contributed by atoms with Crippen molar-refractivity contribution in [2.45, 2.75) is 51.0 Å². The van der Waals surface area contributed by atoms with Gasteiger partial charge in [-0.05, 0) is 51.0 Å². The van der Waals surface area contributed by atoms with Gasteiger partial charge in [0.1, 0.15) is 6.61 Å². The van der Waals surface area contributed by atoms with E-state index < -0.39 is 0 Å². The normalized spacial score (nSPS) is 23.5. The average Bonchev–Trinajstić information content (AvgIpc) is 2.59. The lowest BCUT2D eigenvalue weighted by Crippen LogP contribution is -2.58. The van der Waals surface area contributed by atoms with Crippen LogP contribution in [0.25, 0.3) is 0 Å². The smallest absolute Gasteiger partial charge is 0.248 e. The van der Waals surface area contributed by atoms with Gasteiger partial charge in [-0.25, -0.2) is 9.97 Å². The van der Waals surface area contributed by atoms with Crippen molar-refractivity contribution in [3.63, 3.8) is 0 Å². The minimum Gasteiger partial charge on any atom is -0.363 e. The molecule has 0 N–H and O–H groups in total. The maximum atomic E-state index is 11.7. The molecule has 6 heteroatoms. The van der Waals surface area contributed by atoms with E-state index in [0.29, 0.717) is 6.54 Å². The van der Waals surface area contributed by atoms with Crippen LogP contribution in [0.3, 0.4) is 0 Å². The quantitative estimate of drug-likeness (QED) is 0.781. The minimum absolute atomic E-state index is 0.0803. The lowest BCUT2D eigenvalue weighted by atomic mass is 9.89. The van der Waals surface area contributed by atoms with E-state index in [9.17, 15) is 4.79 Å². The molecule has 6 nitrogen and oxygen atoms in total. The van der Waals surface area contributed by atoms with Crippen LogP contribution in [-0.4, -0.2) is 59.7 Å². The fourth-order valence-corrected chi connectivity index (χ4v) is 4.21. The summed E-state index contributed by atoms with van der Waals surface area (Å²) in [5.41, 5.74) is 3.59. The van der Waals surface area contributed by atoms with Gasteiger partial charge in [-0.15, -0.1) is 0 Å². The number of aromatic nitrogens is 2. The molecule has 1 aliphatic carbocycles. The largest absolute Gasteiger partial charge is 0.363 e. The molecule has 0 bridgehead atoms. The molecule has 3 heterocycles. The topological polar surface area (TPSA) is 58.6 Å². The van der Waals surface area contributed by atoms with Crippen LogP contribution in [0.4, 0.5) is 5.95 Å². The first-order valence-electron chi connectivity index (χ1n) is 9.06. The Morgan fingerprint density at radius 3 is 2.62 bits per heavy atom. The molecule has 24 heavy (non-hydrogen) atoms. The molecule has 2 fully saturated rings. The van der Waals surface area contributed by atoms with Crippen molar-refractivity contribution in [1.82, 2.24) is 14.9 Å². The lowest BCUT2D eigenvalue weighted by molar-refractivity contribution is -0.164. The number of hydrogen-bond donors (Lipinski definition) is 0. The van der Waals surface area contributed by atoms with E-state index in [-0.39, 0.29) is 18.1 Å². The number of anilines is 1. The molecule has 2 saturated heterocycles. The molecular formula is C18H26N4O2. The monoisotopic (exact) mass is 330 g/mol. The van der Waals surface area contributed by atoms with Gasteiger partial charge < -0.3 is 14.5 Å². The molecular weight excluding hydrogens is 304 g/mol. The number of likely N-dealkylation sites (N-methyl/N-ethyl adjacent to an activating group) is 1. The van der Waals surface area contributed by atoms with Crippen LogP contribution in [-0.2, 0) is 22.4 Å². The minimum atomic E-state index is -0.178. The predicted molar refractivity (Wildman–Crippen MR) is 91.2 cm³/mol. The van der Waals surface area contributed by atoms with Gasteiger partial charge in [0.2, 0.25) is 11.9 Å². The van der Waals surface area contributed by atoms with Crippen molar-refractivity contribution >= 4 is 11.9 Å². The van der Waals surface area contributed by atoms with Crippen LogP contribution in [0.15, 0.2) is 0 Å². The van der Waals surface area contributed by atoms with Crippen LogP contribution in [0.1, 0.15) is 42.6 Å². The highest BCUT2D eigenvalue weighted by molar-refractivity contribution is 5.78. The van der Waals surface area contributed by atoms with E-state index in [2.05, 4.69) is 11.8 Å². The lowest BCUT2D eigenvalue weighted by Gasteiger charge is -2.46. The van der Waals surface area contributed by atoms with Crippen molar-refractivity contribution in [2.75, 3.05) is 38.2 Å². The summed E-state index contributed by atoms with van der Waals surface area (Å²) in [6.07, 6.45) is 6.54. The first kappa shape index (κ1) is 15.8. The Kier molecular flexibility index (Phi) is 3.95. The van der Waals surface area contributed by atoms with Gasteiger partial charge in [-0.3, -0.25) is 4.79 Å². The number of piperidine rings is 1. The molecule has 0 unspecified atom stereocenters. The molecule has 0 atom stereocenters. The molecule has 1 spiro atoms. The Labute approximate surface area is 143 Å². The van der Waals surface area contributed by atoms with Crippen molar-refractivity contribution in [2.24, 2.45) is 0 Å². The predicted octanol–water partition coefficient (Wildman–Crippen LogP) is 1.49. The van der Waals surface area contributed by atoms with Crippen LogP contribution in [0.2, 0.25) is 0 Å². The number of hydrogen-bond acceptors (Lipinski definition) is 5. The maximum absolute atomic E-state index is 11.7. The fourth-order valence-electron chi connectivity index (χ4n) is 4.21. The van der Waals surface area contributed by atoms with E-state index >= 15 is 0 Å². The number of amides is 1. The summed E-state index contributed by atoms with van der Waals surface area (Å²) in [5, 5.41) is 0. The third-order valence-electron chi connectivity index (χ3n) is 5.79. The maximum Gasteiger partial charge on any atom is 0.248 e. The number of fused-ring (bicyclic) bond motifs is 1. The van der Waals surface area contributed by atoms with Gasteiger partial charge in [0, 0.05) is 38.1 Å². The second-order valence-electron chi connectivity index (χ2n) is 7.45. The van der Waals surface area contributed by atoms with Gasteiger partial charge >= 0.3 is 0 Å². The van der Waals surface area contributed by atoms with E-state index in [0.717, 1.165) is 50.4 Å². The molecule has 130 valence electrons. The second-order valence-corrected chi connectivity index (χ2v) is 7.45. The number of nitrogens with zero attached hydrogens (tertiary/aromatic N) is 4. The number of morpholine rings is 1. The second kappa shape index (κ2) is 5.99. The Bertz CT molecular complexity index is 653. The molecule has 4 rings (SSSR count). The number of carbonyl (C=O) groups excluding carboxylic acids is 1. The molecule has 0 saturated carbocycles. The van der Waals surface area contributed by atoms with Gasteiger partial charge in [0.25, 0.3) is 0 Å². The Balaban J connectivity index is 1.48.